The Morgan fingerprint density at radius 3 is 2.44 bits per heavy atom. The van der Waals surface area contributed by atoms with E-state index < -0.39 is 17.2 Å². The Kier molecular flexibility index (Phi) is 5.75. The van der Waals surface area contributed by atoms with Gasteiger partial charge in [0, 0.05) is 6.54 Å². The van der Waals surface area contributed by atoms with E-state index in [2.05, 4.69) is 5.32 Å². The zero-order chi connectivity index (χ0) is 18.4. The molecule has 0 saturated heterocycles. The van der Waals surface area contributed by atoms with Crippen molar-refractivity contribution < 1.29 is 23.8 Å². The number of carboxylic acids is 1. The summed E-state index contributed by atoms with van der Waals surface area (Å²) in [6, 6.07) is 13.0. The standard InChI is InChI=1S/C19H20FNO4/c1-19(18(23)24,14-6-4-3-5-7-14)12-21-17(22)11-13-8-9-16(25-2)15(20)10-13/h3-10H,11-12H2,1-2H3,(H,21,22)(H,23,24). The van der Waals surface area contributed by atoms with Crippen LogP contribution in [0.15, 0.2) is 48.5 Å². The maximum atomic E-state index is 13.7. The van der Waals surface area contributed by atoms with Crippen molar-refractivity contribution in [3.05, 3.63) is 65.5 Å². The summed E-state index contributed by atoms with van der Waals surface area (Å²) in [4.78, 5) is 23.8. The van der Waals surface area contributed by atoms with E-state index in [1.807, 2.05) is 0 Å². The van der Waals surface area contributed by atoms with Crippen LogP contribution in [0, 0.1) is 5.82 Å². The maximum Gasteiger partial charge on any atom is 0.315 e. The van der Waals surface area contributed by atoms with Crippen molar-refractivity contribution >= 4 is 11.9 Å². The second kappa shape index (κ2) is 7.79. The van der Waals surface area contributed by atoms with Crippen molar-refractivity contribution in [1.82, 2.24) is 5.32 Å². The molecule has 0 spiro atoms. The number of hydrogen-bond donors (Lipinski definition) is 2. The second-order valence-electron chi connectivity index (χ2n) is 5.93. The minimum Gasteiger partial charge on any atom is -0.494 e. The third-order valence-electron chi connectivity index (χ3n) is 4.10. The Morgan fingerprint density at radius 2 is 1.88 bits per heavy atom. The van der Waals surface area contributed by atoms with Gasteiger partial charge in [0.15, 0.2) is 11.6 Å². The molecule has 2 rings (SSSR count). The van der Waals surface area contributed by atoms with Crippen LogP contribution in [0.3, 0.4) is 0 Å². The molecule has 2 N–H and O–H groups in total. The zero-order valence-electron chi connectivity index (χ0n) is 14.1. The van der Waals surface area contributed by atoms with Crippen LogP contribution in [0.4, 0.5) is 4.39 Å². The molecule has 5 nitrogen and oxygen atoms in total. The summed E-state index contributed by atoms with van der Waals surface area (Å²) in [5.74, 6) is -1.86. The number of halogens is 1. The van der Waals surface area contributed by atoms with Gasteiger partial charge in [0.25, 0.3) is 0 Å². The Bertz CT molecular complexity index is 763. The predicted octanol–water partition coefficient (Wildman–Crippen LogP) is 2.54. The number of aliphatic carboxylic acids is 1. The monoisotopic (exact) mass is 345 g/mol. The molecule has 0 bridgehead atoms. The highest BCUT2D eigenvalue weighted by Crippen LogP contribution is 2.23. The van der Waals surface area contributed by atoms with Crippen LogP contribution in [0.5, 0.6) is 5.75 Å². The van der Waals surface area contributed by atoms with Crippen LogP contribution in [0.2, 0.25) is 0 Å². The predicted molar refractivity (Wildman–Crippen MR) is 91.1 cm³/mol. The van der Waals surface area contributed by atoms with Gasteiger partial charge < -0.3 is 15.2 Å². The fraction of sp³-hybridized carbons (Fsp3) is 0.263. The molecule has 2 aromatic carbocycles. The Labute approximate surface area is 145 Å². The fourth-order valence-corrected chi connectivity index (χ4v) is 2.45. The van der Waals surface area contributed by atoms with Crippen molar-refractivity contribution in [2.24, 2.45) is 0 Å². The lowest BCUT2D eigenvalue weighted by Gasteiger charge is -2.25. The van der Waals surface area contributed by atoms with E-state index in [4.69, 9.17) is 4.74 Å². The highest BCUT2D eigenvalue weighted by atomic mass is 19.1. The zero-order valence-corrected chi connectivity index (χ0v) is 14.1. The van der Waals surface area contributed by atoms with Gasteiger partial charge in [0.2, 0.25) is 5.91 Å². The average Bonchev–Trinajstić information content (AvgIpc) is 2.60. The van der Waals surface area contributed by atoms with Crippen molar-refractivity contribution in [1.29, 1.82) is 0 Å². The van der Waals surface area contributed by atoms with E-state index in [0.717, 1.165) is 0 Å². The van der Waals surface area contributed by atoms with Gasteiger partial charge in [-0.25, -0.2) is 4.39 Å². The molecule has 0 saturated carbocycles. The van der Waals surface area contributed by atoms with Crippen LogP contribution in [-0.2, 0) is 21.4 Å². The summed E-state index contributed by atoms with van der Waals surface area (Å²) in [5, 5.41) is 12.2. The van der Waals surface area contributed by atoms with E-state index in [1.165, 1.54) is 19.2 Å². The molecular weight excluding hydrogens is 325 g/mol. The second-order valence-corrected chi connectivity index (χ2v) is 5.93. The molecule has 0 aliphatic heterocycles. The molecule has 6 heteroatoms. The Balaban J connectivity index is 2.05. The molecule has 1 amide bonds. The van der Waals surface area contributed by atoms with Crippen molar-refractivity contribution in [3.63, 3.8) is 0 Å². The highest BCUT2D eigenvalue weighted by Gasteiger charge is 2.35. The molecule has 0 heterocycles. The molecule has 1 atom stereocenters. The Morgan fingerprint density at radius 1 is 1.20 bits per heavy atom. The number of nitrogens with one attached hydrogen (secondary N) is 1. The van der Waals surface area contributed by atoms with Crippen molar-refractivity contribution in [3.8, 4) is 5.75 Å². The first-order chi connectivity index (χ1) is 11.9. The number of ether oxygens (including phenoxy) is 1. The summed E-state index contributed by atoms with van der Waals surface area (Å²) >= 11 is 0. The van der Waals surface area contributed by atoms with Crippen LogP contribution < -0.4 is 10.1 Å². The van der Waals surface area contributed by atoms with Gasteiger partial charge in [-0.1, -0.05) is 36.4 Å². The number of benzene rings is 2. The van der Waals surface area contributed by atoms with Crippen LogP contribution >= 0.6 is 0 Å². The van der Waals surface area contributed by atoms with E-state index in [-0.39, 0.29) is 24.6 Å². The van der Waals surface area contributed by atoms with Gasteiger partial charge >= 0.3 is 5.97 Å². The number of amides is 1. The molecule has 132 valence electrons. The molecule has 0 aliphatic carbocycles. The summed E-state index contributed by atoms with van der Waals surface area (Å²) < 4.78 is 18.5. The van der Waals surface area contributed by atoms with Gasteiger partial charge in [-0.15, -0.1) is 0 Å². The number of methoxy groups -OCH3 is 1. The van der Waals surface area contributed by atoms with Crippen LogP contribution in [0.1, 0.15) is 18.1 Å². The number of hydrogen-bond acceptors (Lipinski definition) is 3. The smallest absolute Gasteiger partial charge is 0.315 e. The molecule has 0 aliphatic rings. The maximum absolute atomic E-state index is 13.7. The number of carboxylic acid groups (broad SMARTS) is 1. The van der Waals surface area contributed by atoms with E-state index >= 15 is 0 Å². The lowest BCUT2D eigenvalue weighted by Crippen LogP contribution is -2.44. The van der Waals surface area contributed by atoms with E-state index in [0.29, 0.717) is 11.1 Å². The summed E-state index contributed by atoms with van der Waals surface area (Å²) in [6.45, 7) is 1.49. The van der Waals surface area contributed by atoms with E-state index in [1.54, 1.807) is 43.3 Å². The van der Waals surface area contributed by atoms with Gasteiger partial charge in [-0.2, -0.15) is 0 Å². The minimum absolute atomic E-state index is 0.0502. The van der Waals surface area contributed by atoms with Gasteiger partial charge in [-0.05, 0) is 30.2 Å². The molecule has 0 fully saturated rings. The number of carbonyl (C=O) groups is 2. The van der Waals surface area contributed by atoms with Gasteiger partial charge in [0.1, 0.15) is 5.41 Å². The Hall–Kier alpha value is -2.89. The molecule has 0 aromatic heterocycles. The van der Waals surface area contributed by atoms with Gasteiger partial charge in [-0.3, -0.25) is 9.59 Å². The first kappa shape index (κ1) is 18.4. The lowest BCUT2D eigenvalue weighted by atomic mass is 9.82. The highest BCUT2D eigenvalue weighted by molar-refractivity contribution is 5.84. The summed E-state index contributed by atoms with van der Waals surface area (Å²) in [7, 11) is 1.36. The largest absolute Gasteiger partial charge is 0.494 e. The van der Waals surface area contributed by atoms with Crippen molar-refractivity contribution in [2.45, 2.75) is 18.8 Å². The van der Waals surface area contributed by atoms with Crippen LogP contribution in [0.25, 0.3) is 0 Å². The normalized spacial score (nSPS) is 12.9. The lowest BCUT2D eigenvalue weighted by molar-refractivity contribution is -0.143. The van der Waals surface area contributed by atoms with Crippen LogP contribution in [-0.4, -0.2) is 30.6 Å². The van der Waals surface area contributed by atoms with Gasteiger partial charge in [0.05, 0.1) is 13.5 Å². The first-order valence-electron chi connectivity index (χ1n) is 7.75. The molecule has 2 aromatic rings. The van der Waals surface area contributed by atoms with E-state index in [9.17, 15) is 19.1 Å². The molecular formula is C19H20FNO4. The molecule has 0 radical (unpaired) electrons. The average molecular weight is 345 g/mol. The molecule has 25 heavy (non-hydrogen) atoms. The van der Waals surface area contributed by atoms with Crippen molar-refractivity contribution in [2.75, 3.05) is 13.7 Å². The topological polar surface area (TPSA) is 75.6 Å². The third-order valence-corrected chi connectivity index (χ3v) is 4.10. The fourth-order valence-electron chi connectivity index (χ4n) is 2.45. The minimum atomic E-state index is -1.25. The summed E-state index contributed by atoms with van der Waals surface area (Å²) in [5.41, 5.74) is -0.173. The molecule has 1 unspecified atom stereocenters. The SMILES string of the molecule is COc1ccc(CC(=O)NCC(C)(C(=O)O)c2ccccc2)cc1F. The quantitative estimate of drug-likeness (QED) is 0.809. The first-order valence-corrected chi connectivity index (χ1v) is 7.75. The summed E-state index contributed by atoms with van der Waals surface area (Å²) in [6.07, 6.45) is -0.0502. The number of carbonyl (C=O) groups excluding carboxylic acids is 1. The third kappa shape index (κ3) is 4.35. The number of rotatable bonds is 7.